The van der Waals surface area contributed by atoms with Gasteiger partial charge in [0, 0.05) is 26.2 Å². The highest BCUT2D eigenvalue weighted by Gasteiger charge is 2.55. The lowest BCUT2D eigenvalue weighted by atomic mass is 9.49. The van der Waals surface area contributed by atoms with Crippen LogP contribution in [0.3, 0.4) is 0 Å². The molecular formula is C25H29F3N4O2. The summed E-state index contributed by atoms with van der Waals surface area (Å²) in [6.07, 6.45) is 2.19. The minimum Gasteiger partial charge on any atom is -0.339 e. The monoisotopic (exact) mass is 474 g/mol. The summed E-state index contributed by atoms with van der Waals surface area (Å²) in [6, 6.07) is 6.33. The van der Waals surface area contributed by atoms with Crippen LogP contribution in [0.1, 0.15) is 44.3 Å². The van der Waals surface area contributed by atoms with Crippen molar-refractivity contribution in [2.75, 3.05) is 26.2 Å². The van der Waals surface area contributed by atoms with Crippen LogP contribution < -0.4 is 0 Å². The van der Waals surface area contributed by atoms with Crippen LogP contribution in [0.4, 0.5) is 13.2 Å². The lowest BCUT2D eigenvalue weighted by molar-refractivity contribution is -0.161. The van der Waals surface area contributed by atoms with Crippen LogP contribution >= 0.6 is 0 Å². The van der Waals surface area contributed by atoms with Crippen molar-refractivity contribution in [2.24, 2.45) is 23.2 Å². The van der Waals surface area contributed by atoms with Gasteiger partial charge < -0.3 is 14.4 Å². The number of fused-ring (bicyclic) bond motifs is 1. The summed E-state index contributed by atoms with van der Waals surface area (Å²) < 4.78 is 41.7. The standard InChI is InChI=1S/C25H29F3N4O2/c26-25(27,28)22-29-19-3-1-2-4-20(19)32(22)15-21(33)30-5-7-31(8-6-30)23(34)24-12-16-9-17(13-24)11-18(10-16)14-24/h1-4,16-18H,5-15H2. The maximum Gasteiger partial charge on any atom is 0.449 e. The first-order valence-corrected chi connectivity index (χ1v) is 12.3. The van der Waals surface area contributed by atoms with E-state index >= 15 is 0 Å². The average Bonchev–Trinajstić information content (AvgIpc) is 3.17. The Bertz CT molecular complexity index is 1100. The largest absolute Gasteiger partial charge is 0.449 e. The number of aromatic nitrogens is 2. The van der Waals surface area contributed by atoms with E-state index in [4.69, 9.17) is 0 Å². The summed E-state index contributed by atoms with van der Waals surface area (Å²) in [6.45, 7) is 1.18. The molecule has 1 aromatic heterocycles. The third-order valence-corrected chi connectivity index (χ3v) is 8.61. The van der Waals surface area contributed by atoms with E-state index in [1.807, 2.05) is 4.90 Å². The predicted octanol–water partition coefficient (Wildman–Crippen LogP) is 3.94. The quantitative estimate of drug-likeness (QED) is 0.677. The molecule has 34 heavy (non-hydrogen) atoms. The van der Waals surface area contributed by atoms with E-state index in [0.29, 0.717) is 49.4 Å². The van der Waals surface area contributed by atoms with E-state index in [1.165, 1.54) is 25.3 Å². The molecule has 2 aromatic rings. The van der Waals surface area contributed by atoms with Crippen molar-refractivity contribution in [3.05, 3.63) is 30.1 Å². The van der Waals surface area contributed by atoms with Gasteiger partial charge in [-0.2, -0.15) is 13.2 Å². The van der Waals surface area contributed by atoms with Crippen molar-refractivity contribution in [3.8, 4) is 0 Å². The number of hydrogen-bond acceptors (Lipinski definition) is 3. The van der Waals surface area contributed by atoms with Gasteiger partial charge in [0.25, 0.3) is 0 Å². The van der Waals surface area contributed by atoms with Crippen molar-refractivity contribution < 1.29 is 22.8 Å². The minimum atomic E-state index is -4.65. The number of rotatable bonds is 3. The van der Waals surface area contributed by atoms with Gasteiger partial charge in [0.15, 0.2) is 0 Å². The first kappa shape index (κ1) is 21.9. The molecule has 4 aliphatic carbocycles. The molecule has 0 N–H and O–H groups in total. The molecule has 7 rings (SSSR count). The van der Waals surface area contributed by atoms with Crippen LogP contribution in [-0.4, -0.2) is 57.3 Å². The minimum absolute atomic E-state index is 0.210. The van der Waals surface area contributed by atoms with Crippen molar-refractivity contribution in [1.82, 2.24) is 19.4 Å². The van der Waals surface area contributed by atoms with Crippen LogP contribution in [0.5, 0.6) is 0 Å². The van der Waals surface area contributed by atoms with Crippen molar-refractivity contribution in [1.29, 1.82) is 0 Å². The van der Waals surface area contributed by atoms with Gasteiger partial charge in [-0.15, -0.1) is 0 Å². The number of nitrogens with zero attached hydrogens (tertiary/aromatic N) is 4. The number of carbonyl (C=O) groups excluding carboxylic acids is 2. The number of piperazine rings is 1. The van der Waals surface area contributed by atoms with E-state index in [-0.39, 0.29) is 22.7 Å². The van der Waals surface area contributed by atoms with E-state index in [9.17, 15) is 22.8 Å². The molecule has 4 saturated carbocycles. The molecule has 1 aliphatic heterocycles. The van der Waals surface area contributed by atoms with Crippen LogP contribution in [-0.2, 0) is 22.3 Å². The number of alkyl halides is 3. The van der Waals surface area contributed by atoms with Gasteiger partial charge in [0.1, 0.15) is 6.54 Å². The lowest BCUT2D eigenvalue weighted by Gasteiger charge is -2.57. The molecule has 9 heteroatoms. The molecule has 6 nitrogen and oxygen atoms in total. The summed E-state index contributed by atoms with van der Waals surface area (Å²) in [7, 11) is 0. The fourth-order valence-electron chi connectivity index (χ4n) is 7.55. The van der Waals surface area contributed by atoms with Crippen LogP contribution in [0.2, 0.25) is 0 Å². The summed E-state index contributed by atoms with van der Waals surface area (Å²) in [5.74, 6) is 0.870. The highest BCUT2D eigenvalue weighted by molar-refractivity contribution is 5.84. The Morgan fingerprint density at radius 1 is 0.912 bits per heavy atom. The second-order valence-corrected chi connectivity index (χ2v) is 10.9. The highest BCUT2D eigenvalue weighted by Crippen LogP contribution is 2.60. The van der Waals surface area contributed by atoms with Gasteiger partial charge in [-0.1, -0.05) is 12.1 Å². The second kappa shape index (κ2) is 7.71. The number of benzene rings is 1. The molecular weight excluding hydrogens is 445 g/mol. The molecule has 2 heterocycles. The Balaban J connectivity index is 1.13. The summed E-state index contributed by atoms with van der Waals surface area (Å²) >= 11 is 0. The zero-order chi connectivity index (χ0) is 23.7. The maximum atomic E-state index is 13.6. The third kappa shape index (κ3) is 3.58. The average molecular weight is 475 g/mol. The Morgan fingerprint density at radius 3 is 2.06 bits per heavy atom. The zero-order valence-electron chi connectivity index (χ0n) is 19.1. The molecule has 4 bridgehead atoms. The van der Waals surface area contributed by atoms with E-state index in [1.54, 1.807) is 23.1 Å². The molecule has 0 radical (unpaired) electrons. The summed E-state index contributed by atoms with van der Waals surface area (Å²) in [5, 5.41) is 0. The molecule has 1 aromatic carbocycles. The Labute approximate surface area is 196 Å². The molecule has 0 spiro atoms. The van der Waals surface area contributed by atoms with Gasteiger partial charge in [-0.25, -0.2) is 4.98 Å². The van der Waals surface area contributed by atoms with Crippen LogP contribution in [0.15, 0.2) is 24.3 Å². The number of halogens is 3. The number of imidazole rings is 1. The van der Waals surface area contributed by atoms with Gasteiger partial charge in [-0.05, 0) is 68.4 Å². The van der Waals surface area contributed by atoms with Gasteiger partial charge in [-0.3, -0.25) is 9.59 Å². The molecule has 1 saturated heterocycles. The topological polar surface area (TPSA) is 58.4 Å². The molecule has 5 fully saturated rings. The molecule has 0 unspecified atom stereocenters. The normalized spacial score (nSPS) is 30.9. The molecule has 5 aliphatic rings. The van der Waals surface area contributed by atoms with Gasteiger partial charge in [0.05, 0.1) is 16.4 Å². The second-order valence-electron chi connectivity index (χ2n) is 10.9. The van der Waals surface area contributed by atoms with Crippen LogP contribution in [0.25, 0.3) is 11.0 Å². The Morgan fingerprint density at radius 2 is 1.47 bits per heavy atom. The van der Waals surface area contributed by atoms with Gasteiger partial charge >= 0.3 is 6.18 Å². The highest BCUT2D eigenvalue weighted by atomic mass is 19.4. The van der Waals surface area contributed by atoms with Crippen LogP contribution in [0, 0.1) is 23.2 Å². The predicted molar refractivity (Wildman–Crippen MR) is 119 cm³/mol. The maximum absolute atomic E-state index is 13.6. The number of hydrogen-bond donors (Lipinski definition) is 0. The SMILES string of the molecule is O=C(Cn1c(C(F)(F)F)nc2ccccc21)N1CCN(C(=O)C23CC4CC(CC(C4)C2)C3)CC1. The molecule has 2 amide bonds. The van der Waals surface area contributed by atoms with E-state index in [2.05, 4.69) is 4.98 Å². The third-order valence-electron chi connectivity index (χ3n) is 8.61. The summed E-state index contributed by atoms with van der Waals surface area (Å²) in [5.41, 5.74) is 0.297. The Kier molecular flexibility index (Phi) is 4.97. The fourth-order valence-corrected chi connectivity index (χ4v) is 7.55. The number of carbonyl (C=O) groups is 2. The lowest BCUT2D eigenvalue weighted by Crippen LogP contribution is -2.58. The van der Waals surface area contributed by atoms with Crippen molar-refractivity contribution in [2.45, 2.75) is 51.2 Å². The molecule has 182 valence electrons. The van der Waals surface area contributed by atoms with Gasteiger partial charge in [0.2, 0.25) is 17.6 Å². The zero-order valence-corrected chi connectivity index (χ0v) is 19.1. The van der Waals surface area contributed by atoms with Crippen molar-refractivity contribution >= 4 is 22.8 Å². The van der Waals surface area contributed by atoms with Crippen molar-refractivity contribution in [3.63, 3.8) is 0 Å². The summed E-state index contributed by atoms with van der Waals surface area (Å²) in [4.78, 5) is 33.8. The van der Waals surface area contributed by atoms with E-state index in [0.717, 1.165) is 23.8 Å². The smallest absolute Gasteiger partial charge is 0.339 e. The Hall–Kier alpha value is -2.58. The first-order valence-electron chi connectivity index (χ1n) is 12.3. The number of amides is 2. The fraction of sp³-hybridized carbons (Fsp3) is 0.640. The van der Waals surface area contributed by atoms with E-state index < -0.39 is 18.5 Å². The molecule has 0 atom stereocenters. The number of para-hydroxylation sites is 2. The first-order chi connectivity index (χ1) is 16.2.